The Balaban J connectivity index is 2.67. The monoisotopic (exact) mass is 330 g/mol. The normalized spacial score (nSPS) is 13.4. The molecule has 0 saturated heterocycles. The predicted octanol–water partition coefficient (Wildman–Crippen LogP) is 4.08. The van der Waals surface area contributed by atoms with Crippen LogP contribution in [0.2, 0.25) is 0 Å². The Morgan fingerprint density at radius 2 is 1.55 bits per heavy atom. The summed E-state index contributed by atoms with van der Waals surface area (Å²) in [6.45, 7) is -0.878. The van der Waals surface area contributed by atoms with Crippen LogP contribution in [0.3, 0.4) is 0 Å². The molecule has 0 aromatic heterocycles. The lowest BCUT2D eigenvalue weighted by Crippen LogP contribution is -2.56. The summed E-state index contributed by atoms with van der Waals surface area (Å²) >= 11 is 0. The summed E-state index contributed by atoms with van der Waals surface area (Å²) in [5.74, 6) is -15.5. The van der Waals surface area contributed by atoms with Crippen LogP contribution < -0.4 is 0 Å². The molecule has 0 saturated carbocycles. The van der Waals surface area contributed by atoms with Crippen LogP contribution in [-0.4, -0.2) is 30.6 Å². The highest BCUT2D eigenvalue weighted by molar-refractivity contribution is 5.79. The maximum Gasteiger partial charge on any atom is 0.460 e. The number of hydrogen-bond donors (Lipinski definition) is 0. The molecule has 0 radical (unpaired) electrons. The largest absolute Gasteiger partial charge is 0.460 e. The Bertz CT molecular complexity index is 535. The number of ether oxygens (including phenoxy) is 1. The van der Waals surface area contributed by atoms with Crippen molar-refractivity contribution in [3.05, 3.63) is 42.0 Å². The molecule has 0 unspecified atom stereocenters. The average molecular weight is 330 g/mol. The zero-order valence-corrected chi connectivity index (χ0v) is 10.7. The van der Waals surface area contributed by atoms with E-state index < -0.39 is 30.6 Å². The van der Waals surface area contributed by atoms with Gasteiger partial charge >= 0.3 is 24.0 Å². The van der Waals surface area contributed by atoms with Crippen molar-refractivity contribution in [2.24, 2.45) is 0 Å². The molecule has 22 heavy (non-hydrogen) atoms. The summed E-state index contributed by atoms with van der Waals surface area (Å²) in [6.07, 6.45) is -4.24. The molecule has 0 bridgehead atoms. The number of halogens is 7. The highest BCUT2D eigenvalue weighted by Gasteiger charge is 2.77. The van der Waals surface area contributed by atoms with Gasteiger partial charge in [-0.05, 0) is 11.6 Å². The fraction of sp³-hybridized carbons (Fsp3) is 0.308. The molecule has 0 aliphatic heterocycles. The summed E-state index contributed by atoms with van der Waals surface area (Å²) in [4.78, 5) is 10.8. The third-order valence-corrected chi connectivity index (χ3v) is 2.43. The third kappa shape index (κ3) is 3.77. The van der Waals surface area contributed by atoms with Gasteiger partial charge in [-0.3, -0.25) is 0 Å². The second kappa shape index (κ2) is 6.37. The second-order valence-corrected chi connectivity index (χ2v) is 4.06. The van der Waals surface area contributed by atoms with Crippen molar-refractivity contribution < 1.29 is 40.3 Å². The fourth-order valence-corrected chi connectivity index (χ4v) is 1.27. The zero-order chi connectivity index (χ0) is 17.0. The van der Waals surface area contributed by atoms with Gasteiger partial charge in [-0.1, -0.05) is 36.4 Å². The molecule has 0 amide bonds. The van der Waals surface area contributed by atoms with E-state index in [1.807, 2.05) is 0 Å². The highest BCUT2D eigenvalue weighted by Crippen LogP contribution is 2.46. The van der Waals surface area contributed by atoms with Crippen molar-refractivity contribution in [2.45, 2.75) is 18.0 Å². The molecule has 0 spiro atoms. The molecule has 0 heterocycles. The maximum atomic E-state index is 12.9. The molecule has 9 heteroatoms. The van der Waals surface area contributed by atoms with Gasteiger partial charge in [-0.15, -0.1) is 0 Å². The predicted molar refractivity (Wildman–Crippen MR) is 62.4 cm³/mol. The first-order valence-corrected chi connectivity index (χ1v) is 5.71. The van der Waals surface area contributed by atoms with Crippen LogP contribution >= 0.6 is 0 Å². The molecular weight excluding hydrogens is 321 g/mol. The topological polar surface area (TPSA) is 26.3 Å². The Morgan fingerprint density at radius 3 is 2.05 bits per heavy atom. The first-order chi connectivity index (χ1) is 10.00. The number of rotatable bonds is 5. The lowest BCUT2D eigenvalue weighted by Gasteiger charge is -2.26. The molecule has 1 aromatic carbocycles. The van der Waals surface area contributed by atoms with Gasteiger partial charge in [-0.25, -0.2) is 4.79 Å². The number of carbonyl (C=O) groups excluding carboxylic acids is 1. The van der Waals surface area contributed by atoms with Gasteiger partial charge in [0.05, 0.1) is 0 Å². The van der Waals surface area contributed by atoms with Gasteiger partial charge in [0, 0.05) is 0 Å². The lowest BCUT2D eigenvalue weighted by molar-refractivity contribution is -0.348. The lowest BCUT2D eigenvalue weighted by atomic mass is 10.1. The van der Waals surface area contributed by atoms with Crippen LogP contribution in [0, 0.1) is 0 Å². The molecule has 1 aromatic rings. The smallest absolute Gasteiger partial charge is 0.457 e. The van der Waals surface area contributed by atoms with E-state index in [1.165, 1.54) is 6.08 Å². The van der Waals surface area contributed by atoms with Crippen LogP contribution in [0.1, 0.15) is 5.56 Å². The summed E-state index contributed by atoms with van der Waals surface area (Å²) in [5, 5.41) is 0. The van der Waals surface area contributed by atoms with Crippen molar-refractivity contribution in [1.82, 2.24) is 0 Å². The van der Waals surface area contributed by atoms with Gasteiger partial charge in [0.15, 0.2) is 0 Å². The van der Waals surface area contributed by atoms with Crippen molar-refractivity contribution in [1.29, 1.82) is 0 Å². The van der Waals surface area contributed by atoms with E-state index >= 15 is 0 Å². The Kier molecular flexibility index (Phi) is 5.21. The molecule has 2 nitrogen and oxygen atoms in total. The Morgan fingerprint density at radius 1 is 1.00 bits per heavy atom. The quantitative estimate of drug-likeness (QED) is 0.601. The van der Waals surface area contributed by atoms with E-state index in [0.717, 1.165) is 6.08 Å². The number of benzene rings is 1. The molecule has 0 aliphatic carbocycles. The molecular formula is C13H9F7O2. The first-order valence-electron chi connectivity index (χ1n) is 5.71. The number of esters is 1. The Hall–Kier alpha value is -2.06. The zero-order valence-electron chi connectivity index (χ0n) is 10.7. The van der Waals surface area contributed by atoms with E-state index in [0.29, 0.717) is 5.56 Å². The van der Waals surface area contributed by atoms with Gasteiger partial charge in [0.25, 0.3) is 0 Å². The van der Waals surface area contributed by atoms with Crippen molar-refractivity contribution in [2.75, 3.05) is 6.61 Å². The van der Waals surface area contributed by atoms with Gasteiger partial charge in [0.1, 0.15) is 6.61 Å². The summed E-state index contributed by atoms with van der Waals surface area (Å²) in [5.41, 5.74) is 0.589. The van der Waals surface area contributed by atoms with Crippen LogP contribution in [0.25, 0.3) is 6.08 Å². The van der Waals surface area contributed by atoms with Crippen LogP contribution in [0.15, 0.2) is 36.4 Å². The van der Waals surface area contributed by atoms with Crippen LogP contribution in [-0.2, 0) is 9.53 Å². The van der Waals surface area contributed by atoms with Crippen LogP contribution in [0.5, 0.6) is 0 Å². The molecule has 0 atom stereocenters. The average Bonchev–Trinajstić information content (AvgIpc) is 2.43. The molecule has 122 valence electrons. The Labute approximate surface area is 120 Å². The van der Waals surface area contributed by atoms with Crippen molar-refractivity contribution in [3.63, 3.8) is 0 Å². The third-order valence-electron chi connectivity index (χ3n) is 2.43. The first kappa shape index (κ1) is 18.0. The summed E-state index contributed by atoms with van der Waals surface area (Å²) in [6, 6.07) is 8.18. The number of hydrogen-bond acceptors (Lipinski definition) is 2. The van der Waals surface area contributed by atoms with E-state index in [1.54, 1.807) is 30.3 Å². The highest BCUT2D eigenvalue weighted by atomic mass is 19.4. The number of alkyl halides is 7. The number of carbonyl (C=O) groups is 1. The molecule has 0 aliphatic rings. The summed E-state index contributed by atoms with van der Waals surface area (Å²) < 4.78 is 90.1. The standard InChI is InChI=1S/C13H9F7O2/c14-11(15,12(16,17)13(18,19)20)10(21)22-8-4-7-9-5-2-1-3-6-9/h1-7H,8H2/b7-4+. The van der Waals surface area contributed by atoms with E-state index in [2.05, 4.69) is 4.74 Å². The van der Waals surface area contributed by atoms with E-state index in [9.17, 15) is 35.5 Å². The van der Waals surface area contributed by atoms with Gasteiger partial charge in [-0.2, -0.15) is 30.7 Å². The summed E-state index contributed by atoms with van der Waals surface area (Å²) in [7, 11) is 0. The minimum absolute atomic E-state index is 0.589. The molecule has 1 rings (SSSR count). The van der Waals surface area contributed by atoms with E-state index in [-0.39, 0.29) is 0 Å². The van der Waals surface area contributed by atoms with Crippen molar-refractivity contribution in [3.8, 4) is 0 Å². The minimum Gasteiger partial charge on any atom is -0.457 e. The van der Waals surface area contributed by atoms with Crippen LogP contribution in [0.4, 0.5) is 30.7 Å². The van der Waals surface area contributed by atoms with E-state index in [4.69, 9.17) is 0 Å². The maximum absolute atomic E-state index is 12.9. The molecule has 0 fully saturated rings. The minimum atomic E-state index is -6.57. The van der Waals surface area contributed by atoms with Gasteiger partial charge < -0.3 is 4.74 Å². The van der Waals surface area contributed by atoms with Crippen molar-refractivity contribution >= 4 is 12.0 Å². The molecule has 0 N–H and O–H groups in total. The SMILES string of the molecule is O=C(OC/C=C/c1ccccc1)C(F)(F)C(F)(F)C(F)(F)F. The van der Waals surface area contributed by atoms with Gasteiger partial charge in [0.2, 0.25) is 0 Å². The second-order valence-electron chi connectivity index (χ2n) is 4.06. The fourth-order valence-electron chi connectivity index (χ4n) is 1.27.